The van der Waals surface area contributed by atoms with E-state index in [1.165, 1.54) is 11.1 Å². The summed E-state index contributed by atoms with van der Waals surface area (Å²) in [6.07, 6.45) is 0. The topological polar surface area (TPSA) is 51.0 Å². The third kappa shape index (κ3) is 2.39. The van der Waals surface area contributed by atoms with E-state index < -0.39 is 0 Å². The van der Waals surface area contributed by atoms with E-state index in [0.29, 0.717) is 18.3 Å². The van der Waals surface area contributed by atoms with E-state index in [0.717, 1.165) is 5.69 Å². The van der Waals surface area contributed by atoms with Gasteiger partial charge >= 0.3 is 0 Å². The molecule has 0 saturated heterocycles. The molecular formula is C12H15N3O. The Balaban J connectivity index is 2.07. The first-order valence-electron chi connectivity index (χ1n) is 5.25. The monoisotopic (exact) mass is 217 g/mol. The van der Waals surface area contributed by atoms with E-state index >= 15 is 0 Å². The van der Waals surface area contributed by atoms with Crippen LogP contribution in [0.3, 0.4) is 0 Å². The minimum atomic E-state index is 0.561. The lowest BCUT2D eigenvalue weighted by Crippen LogP contribution is -2.01. The number of aromatic nitrogens is 2. The van der Waals surface area contributed by atoms with E-state index in [4.69, 9.17) is 4.52 Å². The Morgan fingerprint density at radius 1 is 1.25 bits per heavy atom. The van der Waals surface area contributed by atoms with Crippen LogP contribution in [0, 0.1) is 20.8 Å². The fourth-order valence-corrected chi connectivity index (χ4v) is 1.51. The van der Waals surface area contributed by atoms with Crippen LogP contribution in [-0.4, -0.2) is 10.1 Å². The molecule has 1 N–H and O–H groups in total. The highest BCUT2D eigenvalue weighted by Gasteiger charge is 2.03. The third-order valence-corrected chi connectivity index (χ3v) is 2.39. The van der Waals surface area contributed by atoms with Gasteiger partial charge in [0.05, 0.1) is 6.54 Å². The van der Waals surface area contributed by atoms with Crippen LogP contribution in [0.5, 0.6) is 0 Å². The summed E-state index contributed by atoms with van der Waals surface area (Å²) in [5.74, 6) is 1.27. The van der Waals surface area contributed by atoms with Crippen LogP contribution >= 0.6 is 0 Å². The lowest BCUT2D eigenvalue weighted by molar-refractivity contribution is 0.379. The smallest absolute Gasteiger partial charge is 0.245 e. The van der Waals surface area contributed by atoms with Gasteiger partial charge in [0.2, 0.25) is 5.89 Å². The maximum Gasteiger partial charge on any atom is 0.245 e. The summed E-state index contributed by atoms with van der Waals surface area (Å²) in [5, 5.41) is 7.03. The molecule has 1 aromatic carbocycles. The van der Waals surface area contributed by atoms with Gasteiger partial charge in [-0.3, -0.25) is 0 Å². The second kappa shape index (κ2) is 4.35. The highest BCUT2D eigenvalue weighted by Crippen LogP contribution is 2.16. The Morgan fingerprint density at radius 3 is 2.75 bits per heavy atom. The first-order chi connectivity index (χ1) is 7.65. The van der Waals surface area contributed by atoms with E-state index in [1.807, 2.05) is 6.92 Å². The van der Waals surface area contributed by atoms with Gasteiger partial charge in [0.15, 0.2) is 5.82 Å². The number of hydrogen-bond donors (Lipinski definition) is 1. The number of anilines is 1. The van der Waals surface area contributed by atoms with Gasteiger partial charge in [0, 0.05) is 5.69 Å². The molecule has 0 aliphatic rings. The van der Waals surface area contributed by atoms with E-state index in [2.05, 4.69) is 47.5 Å². The number of benzene rings is 1. The summed E-state index contributed by atoms with van der Waals surface area (Å²) in [4.78, 5) is 4.14. The normalized spacial score (nSPS) is 10.4. The van der Waals surface area contributed by atoms with Gasteiger partial charge in [-0.25, -0.2) is 0 Å². The molecule has 0 radical (unpaired) electrons. The fraction of sp³-hybridized carbons (Fsp3) is 0.333. The van der Waals surface area contributed by atoms with Crippen molar-refractivity contribution >= 4 is 5.69 Å². The van der Waals surface area contributed by atoms with Gasteiger partial charge in [-0.2, -0.15) is 4.98 Å². The zero-order valence-corrected chi connectivity index (χ0v) is 9.74. The van der Waals surface area contributed by atoms with Crippen molar-refractivity contribution in [1.82, 2.24) is 10.1 Å². The van der Waals surface area contributed by atoms with Crippen LogP contribution in [0.25, 0.3) is 0 Å². The maximum absolute atomic E-state index is 5.03. The predicted octanol–water partition coefficient (Wildman–Crippen LogP) is 2.61. The summed E-state index contributed by atoms with van der Waals surface area (Å²) in [6.45, 7) is 6.51. The minimum Gasteiger partial charge on any atom is -0.376 e. The lowest BCUT2D eigenvalue weighted by Gasteiger charge is -2.08. The van der Waals surface area contributed by atoms with Crippen molar-refractivity contribution in [2.75, 3.05) is 5.32 Å². The summed E-state index contributed by atoms with van der Waals surface area (Å²) in [7, 11) is 0. The molecular weight excluding hydrogens is 202 g/mol. The van der Waals surface area contributed by atoms with Gasteiger partial charge in [0.25, 0.3) is 0 Å². The Bertz CT molecular complexity index is 491. The minimum absolute atomic E-state index is 0.561. The molecule has 0 saturated carbocycles. The molecule has 1 aromatic heterocycles. The molecule has 2 rings (SSSR count). The van der Waals surface area contributed by atoms with Gasteiger partial charge in [-0.1, -0.05) is 17.3 Å². The molecule has 1 heterocycles. The first kappa shape index (κ1) is 10.7. The molecule has 4 nitrogen and oxygen atoms in total. The number of rotatable bonds is 3. The zero-order chi connectivity index (χ0) is 11.5. The average molecular weight is 217 g/mol. The van der Waals surface area contributed by atoms with Gasteiger partial charge in [-0.05, 0) is 38.0 Å². The second-order valence-corrected chi connectivity index (χ2v) is 3.91. The van der Waals surface area contributed by atoms with Crippen molar-refractivity contribution in [3.05, 3.63) is 41.0 Å². The van der Waals surface area contributed by atoms with Crippen LogP contribution in [-0.2, 0) is 6.54 Å². The summed E-state index contributed by atoms with van der Waals surface area (Å²) < 4.78 is 5.03. The Labute approximate surface area is 94.7 Å². The second-order valence-electron chi connectivity index (χ2n) is 3.91. The van der Waals surface area contributed by atoms with Crippen LogP contribution in [0.1, 0.15) is 22.8 Å². The molecule has 0 unspecified atom stereocenters. The van der Waals surface area contributed by atoms with Crippen molar-refractivity contribution in [3.8, 4) is 0 Å². The number of nitrogens with zero attached hydrogens (tertiary/aromatic N) is 2. The van der Waals surface area contributed by atoms with E-state index in [9.17, 15) is 0 Å². The van der Waals surface area contributed by atoms with Crippen molar-refractivity contribution in [1.29, 1.82) is 0 Å². The molecule has 0 atom stereocenters. The number of aryl methyl sites for hydroxylation is 3. The van der Waals surface area contributed by atoms with Crippen molar-refractivity contribution in [2.45, 2.75) is 27.3 Å². The average Bonchev–Trinajstić information content (AvgIpc) is 2.66. The largest absolute Gasteiger partial charge is 0.376 e. The standard InChI is InChI=1S/C12H15N3O/c1-8-4-5-9(2)11(6-8)13-7-12-14-10(3)15-16-12/h4-6,13H,7H2,1-3H3. The highest BCUT2D eigenvalue weighted by atomic mass is 16.5. The molecule has 0 aliphatic carbocycles. The first-order valence-corrected chi connectivity index (χ1v) is 5.25. The molecule has 0 spiro atoms. The van der Waals surface area contributed by atoms with Crippen molar-refractivity contribution in [2.24, 2.45) is 0 Å². The lowest BCUT2D eigenvalue weighted by atomic mass is 10.1. The molecule has 4 heteroatoms. The van der Waals surface area contributed by atoms with Crippen molar-refractivity contribution < 1.29 is 4.52 Å². The Morgan fingerprint density at radius 2 is 2.06 bits per heavy atom. The molecule has 0 fully saturated rings. The Hall–Kier alpha value is -1.84. The SMILES string of the molecule is Cc1ccc(C)c(NCc2nc(C)no2)c1. The van der Waals surface area contributed by atoms with Crippen molar-refractivity contribution in [3.63, 3.8) is 0 Å². The summed E-state index contributed by atoms with van der Waals surface area (Å²) in [6, 6.07) is 6.30. The summed E-state index contributed by atoms with van der Waals surface area (Å²) in [5.41, 5.74) is 3.55. The van der Waals surface area contributed by atoms with Crippen LogP contribution in [0.4, 0.5) is 5.69 Å². The maximum atomic E-state index is 5.03. The molecule has 2 aromatic rings. The van der Waals surface area contributed by atoms with E-state index in [1.54, 1.807) is 0 Å². The molecule has 0 aliphatic heterocycles. The third-order valence-electron chi connectivity index (χ3n) is 2.39. The van der Waals surface area contributed by atoms with Crippen LogP contribution in [0.2, 0.25) is 0 Å². The van der Waals surface area contributed by atoms with Gasteiger partial charge in [-0.15, -0.1) is 0 Å². The van der Waals surface area contributed by atoms with Crippen LogP contribution < -0.4 is 5.32 Å². The van der Waals surface area contributed by atoms with Gasteiger partial charge < -0.3 is 9.84 Å². The van der Waals surface area contributed by atoms with E-state index in [-0.39, 0.29) is 0 Å². The predicted molar refractivity (Wildman–Crippen MR) is 62.3 cm³/mol. The zero-order valence-electron chi connectivity index (χ0n) is 9.74. The summed E-state index contributed by atoms with van der Waals surface area (Å²) >= 11 is 0. The number of nitrogens with one attached hydrogen (secondary N) is 1. The van der Waals surface area contributed by atoms with Crippen LogP contribution in [0.15, 0.2) is 22.7 Å². The molecule has 84 valence electrons. The molecule has 16 heavy (non-hydrogen) atoms. The molecule has 0 bridgehead atoms. The Kier molecular flexibility index (Phi) is 2.90. The molecule has 0 amide bonds. The highest BCUT2D eigenvalue weighted by molar-refractivity contribution is 5.52. The van der Waals surface area contributed by atoms with Gasteiger partial charge in [0.1, 0.15) is 0 Å². The fourth-order valence-electron chi connectivity index (χ4n) is 1.51. The number of hydrogen-bond acceptors (Lipinski definition) is 4. The quantitative estimate of drug-likeness (QED) is 0.858.